The number of hydrogen-bond donors (Lipinski definition) is 1. The van der Waals surface area contributed by atoms with Gasteiger partial charge < -0.3 is 14.8 Å². The van der Waals surface area contributed by atoms with Crippen LogP contribution in [0.1, 0.15) is 26.2 Å². The van der Waals surface area contributed by atoms with Crippen molar-refractivity contribution in [1.82, 2.24) is 5.32 Å². The maximum Gasteiger partial charge on any atom is 0.119 e. The van der Waals surface area contributed by atoms with Crippen LogP contribution in [0.15, 0.2) is 24.3 Å². The van der Waals surface area contributed by atoms with Gasteiger partial charge in [0.1, 0.15) is 11.5 Å². The van der Waals surface area contributed by atoms with Gasteiger partial charge in [-0.1, -0.05) is 6.92 Å². The molecule has 0 aromatic heterocycles. The zero-order valence-corrected chi connectivity index (χ0v) is 10.9. The van der Waals surface area contributed by atoms with Gasteiger partial charge in [-0.2, -0.15) is 0 Å². The van der Waals surface area contributed by atoms with E-state index in [4.69, 9.17) is 9.47 Å². The van der Waals surface area contributed by atoms with Gasteiger partial charge in [0.25, 0.3) is 0 Å². The topological polar surface area (TPSA) is 30.5 Å². The van der Waals surface area contributed by atoms with Gasteiger partial charge in [0.05, 0.1) is 13.2 Å². The molecule has 1 rings (SSSR count). The molecular weight excluding hydrogens is 214 g/mol. The summed E-state index contributed by atoms with van der Waals surface area (Å²) in [4.78, 5) is 0. The van der Waals surface area contributed by atoms with Gasteiger partial charge in [-0.15, -0.1) is 0 Å². The normalized spacial score (nSPS) is 10.2. The lowest BCUT2D eigenvalue weighted by Crippen LogP contribution is -2.09. The lowest BCUT2D eigenvalue weighted by atomic mass is 10.3. The number of ether oxygens (including phenoxy) is 2. The van der Waals surface area contributed by atoms with Crippen molar-refractivity contribution in [2.45, 2.75) is 26.2 Å². The largest absolute Gasteiger partial charge is 0.494 e. The fourth-order valence-corrected chi connectivity index (χ4v) is 1.45. The molecule has 0 atom stereocenters. The summed E-state index contributed by atoms with van der Waals surface area (Å²) in [7, 11) is 1.97. The highest BCUT2D eigenvalue weighted by molar-refractivity contribution is 5.31. The highest BCUT2D eigenvalue weighted by Gasteiger charge is 1.96. The van der Waals surface area contributed by atoms with Gasteiger partial charge in [0.2, 0.25) is 0 Å². The maximum absolute atomic E-state index is 5.63. The number of benzene rings is 1. The Labute approximate surface area is 104 Å². The standard InChI is InChI=1S/C14H23NO2/c1-3-11-16-13-6-8-14(9-7-13)17-12-5-4-10-15-2/h6-9,15H,3-5,10-12H2,1-2H3. The monoisotopic (exact) mass is 237 g/mol. The number of rotatable bonds is 9. The molecule has 0 unspecified atom stereocenters. The van der Waals surface area contributed by atoms with Crippen LogP contribution in [-0.2, 0) is 0 Å². The Bertz CT molecular complexity index is 285. The first-order chi connectivity index (χ1) is 8.36. The second kappa shape index (κ2) is 8.88. The molecule has 0 bridgehead atoms. The second-order valence-electron chi connectivity index (χ2n) is 3.98. The highest BCUT2D eigenvalue weighted by Crippen LogP contribution is 2.17. The third-order valence-electron chi connectivity index (χ3n) is 2.39. The van der Waals surface area contributed by atoms with Crippen LogP contribution in [0.4, 0.5) is 0 Å². The Morgan fingerprint density at radius 1 is 0.941 bits per heavy atom. The maximum atomic E-state index is 5.63. The smallest absolute Gasteiger partial charge is 0.119 e. The zero-order valence-electron chi connectivity index (χ0n) is 10.9. The van der Waals surface area contributed by atoms with Gasteiger partial charge in [-0.05, 0) is 57.1 Å². The molecule has 0 radical (unpaired) electrons. The molecule has 3 heteroatoms. The minimum absolute atomic E-state index is 0.768. The summed E-state index contributed by atoms with van der Waals surface area (Å²) < 4.78 is 11.1. The van der Waals surface area contributed by atoms with E-state index in [1.165, 1.54) is 0 Å². The average molecular weight is 237 g/mol. The summed E-state index contributed by atoms with van der Waals surface area (Å²) in [6.07, 6.45) is 3.26. The molecule has 1 aromatic carbocycles. The minimum atomic E-state index is 0.768. The first kappa shape index (κ1) is 13.8. The van der Waals surface area contributed by atoms with Crippen molar-refractivity contribution in [3.63, 3.8) is 0 Å². The average Bonchev–Trinajstić information content (AvgIpc) is 2.37. The van der Waals surface area contributed by atoms with Crippen molar-refractivity contribution < 1.29 is 9.47 Å². The van der Waals surface area contributed by atoms with E-state index in [0.717, 1.165) is 50.5 Å². The molecule has 1 aromatic rings. The SMILES string of the molecule is CCCOc1ccc(OCCCCNC)cc1. The molecule has 0 amide bonds. The Hall–Kier alpha value is -1.22. The Balaban J connectivity index is 2.20. The van der Waals surface area contributed by atoms with Crippen LogP contribution in [0.25, 0.3) is 0 Å². The molecule has 0 saturated carbocycles. The molecular formula is C14H23NO2. The van der Waals surface area contributed by atoms with E-state index >= 15 is 0 Å². The highest BCUT2D eigenvalue weighted by atomic mass is 16.5. The molecule has 17 heavy (non-hydrogen) atoms. The van der Waals surface area contributed by atoms with Gasteiger partial charge in [0, 0.05) is 0 Å². The van der Waals surface area contributed by atoms with Crippen molar-refractivity contribution >= 4 is 0 Å². The predicted molar refractivity (Wildman–Crippen MR) is 70.9 cm³/mol. The van der Waals surface area contributed by atoms with Crippen LogP contribution < -0.4 is 14.8 Å². The molecule has 0 heterocycles. The Kier molecular flexibility index (Phi) is 7.23. The van der Waals surface area contributed by atoms with E-state index in [0.29, 0.717) is 0 Å². The van der Waals surface area contributed by atoms with Crippen LogP contribution in [0.5, 0.6) is 11.5 Å². The summed E-state index contributed by atoms with van der Waals surface area (Å²) in [5.41, 5.74) is 0. The lowest BCUT2D eigenvalue weighted by Gasteiger charge is -2.08. The van der Waals surface area contributed by atoms with E-state index in [-0.39, 0.29) is 0 Å². The van der Waals surface area contributed by atoms with Crippen molar-refractivity contribution in [2.75, 3.05) is 26.8 Å². The summed E-state index contributed by atoms with van der Waals surface area (Å²) in [5.74, 6) is 1.83. The quantitative estimate of drug-likeness (QED) is 0.670. The van der Waals surface area contributed by atoms with E-state index < -0.39 is 0 Å². The third kappa shape index (κ3) is 6.17. The van der Waals surface area contributed by atoms with Crippen molar-refractivity contribution in [2.24, 2.45) is 0 Å². The van der Waals surface area contributed by atoms with Gasteiger partial charge in [-0.3, -0.25) is 0 Å². The molecule has 0 aliphatic rings. The summed E-state index contributed by atoms with van der Waals surface area (Å²) in [6.45, 7) is 4.69. The lowest BCUT2D eigenvalue weighted by molar-refractivity contribution is 0.302. The molecule has 0 spiro atoms. The van der Waals surface area contributed by atoms with Crippen LogP contribution in [0, 0.1) is 0 Å². The van der Waals surface area contributed by atoms with E-state index in [1.54, 1.807) is 0 Å². The number of hydrogen-bond acceptors (Lipinski definition) is 3. The first-order valence-corrected chi connectivity index (χ1v) is 6.37. The van der Waals surface area contributed by atoms with Crippen molar-refractivity contribution in [1.29, 1.82) is 0 Å². The number of nitrogens with one attached hydrogen (secondary N) is 1. The van der Waals surface area contributed by atoms with Crippen LogP contribution in [0.3, 0.4) is 0 Å². The third-order valence-corrected chi connectivity index (χ3v) is 2.39. The van der Waals surface area contributed by atoms with E-state index in [1.807, 2.05) is 31.3 Å². The molecule has 0 saturated heterocycles. The van der Waals surface area contributed by atoms with Crippen molar-refractivity contribution in [3.8, 4) is 11.5 Å². The molecule has 0 aliphatic carbocycles. The van der Waals surface area contributed by atoms with Crippen LogP contribution >= 0.6 is 0 Å². The zero-order chi connectivity index (χ0) is 12.3. The summed E-state index contributed by atoms with van der Waals surface area (Å²) in [5, 5.41) is 3.12. The molecule has 1 N–H and O–H groups in total. The van der Waals surface area contributed by atoms with Gasteiger partial charge in [-0.25, -0.2) is 0 Å². The summed E-state index contributed by atoms with van der Waals surface area (Å²) in [6, 6.07) is 7.84. The van der Waals surface area contributed by atoms with E-state index in [2.05, 4.69) is 12.2 Å². The van der Waals surface area contributed by atoms with Gasteiger partial charge >= 0.3 is 0 Å². The van der Waals surface area contributed by atoms with Gasteiger partial charge in [0.15, 0.2) is 0 Å². The first-order valence-electron chi connectivity index (χ1n) is 6.37. The number of unbranched alkanes of at least 4 members (excludes halogenated alkanes) is 1. The van der Waals surface area contributed by atoms with Crippen molar-refractivity contribution in [3.05, 3.63) is 24.3 Å². The van der Waals surface area contributed by atoms with Crippen LogP contribution in [0.2, 0.25) is 0 Å². The summed E-state index contributed by atoms with van der Waals surface area (Å²) >= 11 is 0. The second-order valence-corrected chi connectivity index (χ2v) is 3.98. The molecule has 0 fully saturated rings. The Morgan fingerprint density at radius 3 is 2.06 bits per heavy atom. The fourth-order valence-electron chi connectivity index (χ4n) is 1.45. The van der Waals surface area contributed by atoms with Crippen LogP contribution in [-0.4, -0.2) is 26.8 Å². The minimum Gasteiger partial charge on any atom is -0.494 e. The predicted octanol–water partition coefficient (Wildman–Crippen LogP) is 2.85. The molecule has 96 valence electrons. The Morgan fingerprint density at radius 2 is 1.53 bits per heavy atom. The molecule has 0 aliphatic heterocycles. The molecule has 3 nitrogen and oxygen atoms in total. The fraction of sp³-hybridized carbons (Fsp3) is 0.571. The van der Waals surface area contributed by atoms with E-state index in [9.17, 15) is 0 Å².